The molecule has 0 saturated heterocycles. The van der Waals surface area contributed by atoms with E-state index in [1.165, 1.54) is 6.07 Å². The number of hydrogen-bond donors (Lipinski definition) is 3. The summed E-state index contributed by atoms with van der Waals surface area (Å²) in [6.45, 7) is 3.65. The molecule has 5 nitrogen and oxygen atoms in total. The molecule has 2 rings (SSSR count). The molecule has 0 fully saturated rings. The molecular formula is C12H13ClN4O. The Hall–Kier alpha value is -2.01. The lowest BCUT2D eigenvalue weighted by Gasteiger charge is -2.06. The number of nitrogen functional groups attached to an aromatic ring is 1. The van der Waals surface area contributed by atoms with Crippen molar-refractivity contribution in [1.82, 2.24) is 10.2 Å². The first kappa shape index (κ1) is 12.4. The molecule has 0 spiro atoms. The third-order valence-electron chi connectivity index (χ3n) is 2.63. The standard InChI is InChI=1S/C12H13ClN4O/c1-6-11(7(2)17-16-6)15-12(18)8-3-4-10(14)9(13)5-8/h3-5H,14H2,1-2H3,(H,15,18)(H,16,17). The molecule has 0 atom stereocenters. The molecule has 1 aromatic heterocycles. The van der Waals surface area contributed by atoms with Crippen molar-refractivity contribution in [3.05, 3.63) is 40.2 Å². The Kier molecular flexibility index (Phi) is 3.25. The molecule has 1 aromatic carbocycles. The second-order valence-electron chi connectivity index (χ2n) is 4.00. The van der Waals surface area contributed by atoms with Gasteiger partial charge in [-0.1, -0.05) is 11.6 Å². The largest absolute Gasteiger partial charge is 0.398 e. The van der Waals surface area contributed by atoms with Crippen molar-refractivity contribution in [2.75, 3.05) is 11.1 Å². The van der Waals surface area contributed by atoms with Gasteiger partial charge in [-0.15, -0.1) is 0 Å². The number of carbonyl (C=O) groups excluding carboxylic acids is 1. The Morgan fingerprint density at radius 3 is 2.72 bits per heavy atom. The zero-order chi connectivity index (χ0) is 13.3. The molecule has 0 saturated carbocycles. The average Bonchev–Trinajstić information content (AvgIpc) is 2.64. The van der Waals surface area contributed by atoms with E-state index < -0.39 is 0 Å². The fourth-order valence-electron chi connectivity index (χ4n) is 1.59. The van der Waals surface area contributed by atoms with Crippen LogP contribution in [0.4, 0.5) is 11.4 Å². The molecular weight excluding hydrogens is 252 g/mol. The van der Waals surface area contributed by atoms with Gasteiger partial charge in [0.05, 0.1) is 27.8 Å². The van der Waals surface area contributed by atoms with Crippen molar-refractivity contribution in [3.63, 3.8) is 0 Å². The molecule has 0 radical (unpaired) electrons. The summed E-state index contributed by atoms with van der Waals surface area (Å²) in [5, 5.41) is 9.97. The minimum atomic E-state index is -0.246. The van der Waals surface area contributed by atoms with Crippen molar-refractivity contribution in [2.24, 2.45) is 0 Å². The van der Waals surface area contributed by atoms with Crippen LogP contribution >= 0.6 is 11.6 Å². The van der Waals surface area contributed by atoms with E-state index in [0.29, 0.717) is 22.0 Å². The number of hydrogen-bond acceptors (Lipinski definition) is 3. The topological polar surface area (TPSA) is 83.8 Å². The number of anilines is 2. The lowest BCUT2D eigenvalue weighted by Crippen LogP contribution is -2.13. The Bertz CT molecular complexity index is 587. The first-order valence-corrected chi connectivity index (χ1v) is 5.74. The Labute approximate surface area is 109 Å². The minimum Gasteiger partial charge on any atom is -0.398 e. The monoisotopic (exact) mass is 264 g/mol. The van der Waals surface area contributed by atoms with Crippen molar-refractivity contribution < 1.29 is 4.79 Å². The second kappa shape index (κ2) is 4.70. The number of aromatic nitrogens is 2. The van der Waals surface area contributed by atoms with E-state index in [2.05, 4.69) is 15.5 Å². The molecule has 1 amide bonds. The van der Waals surface area contributed by atoms with E-state index in [1.54, 1.807) is 12.1 Å². The van der Waals surface area contributed by atoms with E-state index in [1.807, 2.05) is 13.8 Å². The van der Waals surface area contributed by atoms with Gasteiger partial charge in [-0.05, 0) is 32.0 Å². The third-order valence-corrected chi connectivity index (χ3v) is 2.96. The highest BCUT2D eigenvalue weighted by atomic mass is 35.5. The van der Waals surface area contributed by atoms with Crippen LogP contribution < -0.4 is 11.1 Å². The van der Waals surface area contributed by atoms with Crippen LogP contribution in [0.1, 0.15) is 21.7 Å². The quantitative estimate of drug-likeness (QED) is 0.729. The zero-order valence-electron chi connectivity index (χ0n) is 10.0. The first-order chi connectivity index (χ1) is 8.49. The van der Waals surface area contributed by atoms with E-state index >= 15 is 0 Å². The molecule has 6 heteroatoms. The maximum atomic E-state index is 12.0. The van der Waals surface area contributed by atoms with E-state index in [0.717, 1.165) is 11.4 Å². The van der Waals surface area contributed by atoms with Crippen LogP contribution in [0.2, 0.25) is 5.02 Å². The summed E-state index contributed by atoms with van der Waals surface area (Å²) in [5.74, 6) is -0.246. The number of nitrogens with two attached hydrogens (primary N) is 1. The van der Waals surface area contributed by atoms with Crippen LogP contribution in [-0.4, -0.2) is 16.1 Å². The predicted octanol–water partition coefficient (Wildman–Crippen LogP) is 2.51. The molecule has 0 unspecified atom stereocenters. The van der Waals surface area contributed by atoms with Crippen molar-refractivity contribution in [2.45, 2.75) is 13.8 Å². The average molecular weight is 265 g/mol. The summed E-state index contributed by atoms with van der Waals surface area (Å²) in [5.41, 5.74) is 8.73. The minimum absolute atomic E-state index is 0.246. The molecule has 2 aromatic rings. The van der Waals surface area contributed by atoms with Gasteiger partial charge >= 0.3 is 0 Å². The number of nitrogens with zero attached hydrogens (tertiary/aromatic N) is 1. The van der Waals surface area contributed by atoms with E-state index in [-0.39, 0.29) is 5.91 Å². The summed E-state index contributed by atoms with van der Waals surface area (Å²) < 4.78 is 0. The van der Waals surface area contributed by atoms with E-state index in [9.17, 15) is 4.79 Å². The second-order valence-corrected chi connectivity index (χ2v) is 4.41. The van der Waals surface area contributed by atoms with Gasteiger partial charge in [0.15, 0.2) is 0 Å². The van der Waals surface area contributed by atoms with Crippen molar-refractivity contribution >= 4 is 28.9 Å². The molecule has 4 N–H and O–H groups in total. The Balaban J connectivity index is 2.25. The number of halogens is 1. The van der Waals surface area contributed by atoms with Gasteiger partial charge in [-0.2, -0.15) is 5.10 Å². The number of carbonyl (C=O) groups is 1. The number of nitrogens with one attached hydrogen (secondary N) is 2. The molecule has 18 heavy (non-hydrogen) atoms. The normalized spacial score (nSPS) is 10.4. The smallest absolute Gasteiger partial charge is 0.255 e. The lowest BCUT2D eigenvalue weighted by atomic mass is 10.2. The summed E-state index contributed by atoms with van der Waals surface area (Å²) in [4.78, 5) is 12.0. The molecule has 1 heterocycles. The molecule has 0 bridgehead atoms. The van der Waals surface area contributed by atoms with Gasteiger partial charge in [0.1, 0.15) is 0 Å². The van der Waals surface area contributed by atoms with Crippen LogP contribution in [0.25, 0.3) is 0 Å². The number of aryl methyl sites for hydroxylation is 2. The lowest BCUT2D eigenvalue weighted by molar-refractivity contribution is 0.102. The highest BCUT2D eigenvalue weighted by molar-refractivity contribution is 6.33. The predicted molar refractivity (Wildman–Crippen MR) is 71.9 cm³/mol. The van der Waals surface area contributed by atoms with Gasteiger partial charge in [-0.25, -0.2) is 0 Å². The van der Waals surface area contributed by atoms with Gasteiger partial charge in [0, 0.05) is 5.56 Å². The summed E-state index contributed by atoms with van der Waals surface area (Å²) in [6, 6.07) is 4.77. The Morgan fingerprint density at radius 1 is 1.44 bits per heavy atom. The number of aromatic amines is 1. The van der Waals surface area contributed by atoms with Crippen molar-refractivity contribution in [3.8, 4) is 0 Å². The number of benzene rings is 1. The van der Waals surface area contributed by atoms with Crippen LogP contribution in [-0.2, 0) is 0 Å². The van der Waals surface area contributed by atoms with Crippen LogP contribution in [0.5, 0.6) is 0 Å². The number of amides is 1. The summed E-state index contributed by atoms with van der Waals surface area (Å²) in [6.07, 6.45) is 0. The number of H-pyrrole nitrogens is 1. The highest BCUT2D eigenvalue weighted by Crippen LogP contribution is 2.21. The van der Waals surface area contributed by atoms with Gasteiger partial charge in [-0.3, -0.25) is 9.89 Å². The van der Waals surface area contributed by atoms with Crippen molar-refractivity contribution in [1.29, 1.82) is 0 Å². The molecule has 94 valence electrons. The Morgan fingerprint density at radius 2 is 2.17 bits per heavy atom. The fourth-order valence-corrected chi connectivity index (χ4v) is 1.77. The fraction of sp³-hybridized carbons (Fsp3) is 0.167. The van der Waals surface area contributed by atoms with E-state index in [4.69, 9.17) is 17.3 Å². The number of rotatable bonds is 2. The summed E-state index contributed by atoms with van der Waals surface area (Å²) >= 11 is 5.88. The van der Waals surface area contributed by atoms with Gasteiger partial charge in [0.2, 0.25) is 0 Å². The maximum absolute atomic E-state index is 12.0. The molecule has 0 aliphatic rings. The first-order valence-electron chi connectivity index (χ1n) is 5.37. The summed E-state index contributed by atoms with van der Waals surface area (Å²) in [7, 11) is 0. The van der Waals surface area contributed by atoms with Crippen LogP contribution in [0, 0.1) is 13.8 Å². The third kappa shape index (κ3) is 2.31. The molecule has 0 aliphatic heterocycles. The van der Waals surface area contributed by atoms with Crippen LogP contribution in [0.15, 0.2) is 18.2 Å². The zero-order valence-corrected chi connectivity index (χ0v) is 10.8. The SMILES string of the molecule is Cc1n[nH]c(C)c1NC(=O)c1ccc(N)c(Cl)c1. The van der Waals surface area contributed by atoms with Gasteiger partial charge < -0.3 is 11.1 Å². The maximum Gasteiger partial charge on any atom is 0.255 e. The van der Waals surface area contributed by atoms with Crippen LogP contribution in [0.3, 0.4) is 0 Å². The molecule has 0 aliphatic carbocycles. The van der Waals surface area contributed by atoms with Gasteiger partial charge in [0.25, 0.3) is 5.91 Å². The highest BCUT2D eigenvalue weighted by Gasteiger charge is 2.12.